The number of rotatable bonds is 7. The van der Waals surface area contributed by atoms with Gasteiger partial charge in [0.2, 0.25) is 5.91 Å². The molecule has 1 saturated heterocycles. The number of aromatic amines is 1. The molecule has 8 nitrogen and oxygen atoms in total. The molecule has 1 aromatic heterocycles. The largest absolute Gasteiger partial charge is 0.379 e. The molecule has 0 aliphatic carbocycles. The SMILES string of the molecule is NC(=O)CCNC(=O)c1n[nH]c(CN2CCOCC2)c1-c1ccccc1F. The van der Waals surface area contributed by atoms with Crippen LogP contribution in [0.25, 0.3) is 11.1 Å². The number of morpholine rings is 1. The fourth-order valence-corrected chi connectivity index (χ4v) is 2.98. The van der Waals surface area contributed by atoms with E-state index in [2.05, 4.69) is 20.4 Å². The second-order valence-electron chi connectivity index (χ2n) is 6.27. The van der Waals surface area contributed by atoms with Crippen molar-refractivity contribution < 1.29 is 18.7 Å². The van der Waals surface area contributed by atoms with Crippen molar-refractivity contribution in [1.29, 1.82) is 0 Å². The van der Waals surface area contributed by atoms with Crippen LogP contribution in [0.4, 0.5) is 4.39 Å². The lowest BCUT2D eigenvalue weighted by atomic mass is 10.0. The number of nitrogens with two attached hydrogens (primary N) is 1. The summed E-state index contributed by atoms with van der Waals surface area (Å²) < 4.78 is 19.8. The third-order valence-electron chi connectivity index (χ3n) is 4.34. The quantitative estimate of drug-likeness (QED) is 0.658. The summed E-state index contributed by atoms with van der Waals surface area (Å²) in [5, 5.41) is 9.59. The highest BCUT2D eigenvalue weighted by molar-refractivity contribution is 5.99. The van der Waals surface area contributed by atoms with Gasteiger partial charge in [-0.2, -0.15) is 5.10 Å². The molecule has 0 radical (unpaired) electrons. The van der Waals surface area contributed by atoms with Crippen LogP contribution in [0.3, 0.4) is 0 Å². The van der Waals surface area contributed by atoms with Crippen LogP contribution in [0.15, 0.2) is 24.3 Å². The maximum atomic E-state index is 14.4. The molecule has 144 valence electrons. The van der Waals surface area contributed by atoms with Crippen molar-refractivity contribution in [3.05, 3.63) is 41.5 Å². The minimum Gasteiger partial charge on any atom is -0.379 e. The lowest BCUT2D eigenvalue weighted by Gasteiger charge is -2.26. The Bertz CT molecular complexity index is 817. The average molecular weight is 375 g/mol. The zero-order chi connectivity index (χ0) is 19.2. The summed E-state index contributed by atoms with van der Waals surface area (Å²) in [6.07, 6.45) is 0.0197. The molecule has 1 fully saturated rings. The number of nitrogens with zero attached hydrogens (tertiary/aromatic N) is 2. The number of hydrogen-bond donors (Lipinski definition) is 3. The van der Waals surface area contributed by atoms with Crippen LogP contribution >= 0.6 is 0 Å². The van der Waals surface area contributed by atoms with Gasteiger partial charge < -0.3 is 15.8 Å². The van der Waals surface area contributed by atoms with E-state index >= 15 is 0 Å². The first-order valence-corrected chi connectivity index (χ1v) is 8.75. The van der Waals surface area contributed by atoms with E-state index in [9.17, 15) is 14.0 Å². The van der Waals surface area contributed by atoms with E-state index < -0.39 is 17.6 Å². The maximum Gasteiger partial charge on any atom is 0.272 e. The second kappa shape index (κ2) is 8.74. The van der Waals surface area contributed by atoms with Gasteiger partial charge in [-0.15, -0.1) is 0 Å². The molecule has 27 heavy (non-hydrogen) atoms. The van der Waals surface area contributed by atoms with Gasteiger partial charge in [-0.05, 0) is 6.07 Å². The second-order valence-corrected chi connectivity index (χ2v) is 6.27. The van der Waals surface area contributed by atoms with Crippen molar-refractivity contribution in [1.82, 2.24) is 20.4 Å². The molecule has 0 saturated carbocycles. The van der Waals surface area contributed by atoms with Gasteiger partial charge in [0.25, 0.3) is 5.91 Å². The van der Waals surface area contributed by atoms with E-state index in [0.29, 0.717) is 36.6 Å². The van der Waals surface area contributed by atoms with Crippen LogP contribution in [-0.4, -0.2) is 59.8 Å². The van der Waals surface area contributed by atoms with E-state index in [1.165, 1.54) is 6.07 Å². The molecule has 0 unspecified atom stereocenters. The summed E-state index contributed by atoms with van der Waals surface area (Å²) in [6, 6.07) is 6.25. The number of primary amides is 1. The molecule has 9 heteroatoms. The van der Waals surface area contributed by atoms with Gasteiger partial charge >= 0.3 is 0 Å². The molecular weight excluding hydrogens is 353 g/mol. The number of carbonyl (C=O) groups excluding carboxylic acids is 2. The fourth-order valence-electron chi connectivity index (χ4n) is 2.98. The summed E-state index contributed by atoms with van der Waals surface area (Å²) in [7, 11) is 0. The maximum absolute atomic E-state index is 14.4. The third kappa shape index (κ3) is 4.69. The van der Waals surface area contributed by atoms with E-state index in [-0.39, 0.29) is 18.7 Å². The highest BCUT2D eigenvalue weighted by Crippen LogP contribution is 2.29. The van der Waals surface area contributed by atoms with Crippen molar-refractivity contribution >= 4 is 11.8 Å². The summed E-state index contributed by atoms with van der Waals surface area (Å²) in [6.45, 7) is 3.34. The number of hydrogen-bond acceptors (Lipinski definition) is 5. The van der Waals surface area contributed by atoms with Gasteiger partial charge in [0.15, 0.2) is 5.69 Å². The molecule has 1 aliphatic rings. The highest BCUT2D eigenvalue weighted by atomic mass is 19.1. The van der Waals surface area contributed by atoms with Gasteiger partial charge in [0.05, 0.1) is 18.9 Å². The van der Waals surface area contributed by atoms with Gasteiger partial charge in [-0.1, -0.05) is 18.2 Å². The Balaban J connectivity index is 1.89. The Morgan fingerprint density at radius 1 is 1.30 bits per heavy atom. The lowest BCUT2D eigenvalue weighted by Crippen LogP contribution is -2.35. The molecule has 1 aromatic carbocycles. The summed E-state index contributed by atoms with van der Waals surface area (Å²) in [4.78, 5) is 25.5. The van der Waals surface area contributed by atoms with Crippen LogP contribution in [-0.2, 0) is 16.1 Å². The van der Waals surface area contributed by atoms with Crippen molar-refractivity contribution in [2.45, 2.75) is 13.0 Å². The molecule has 2 heterocycles. The number of H-pyrrole nitrogens is 1. The first-order chi connectivity index (χ1) is 13.1. The molecule has 2 aromatic rings. The summed E-state index contributed by atoms with van der Waals surface area (Å²) >= 11 is 0. The van der Waals surface area contributed by atoms with Crippen molar-refractivity contribution in [2.75, 3.05) is 32.8 Å². The Morgan fingerprint density at radius 3 is 2.74 bits per heavy atom. The third-order valence-corrected chi connectivity index (χ3v) is 4.34. The Kier molecular flexibility index (Phi) is 6.15. The summed E-state index contributed by atoms with van der Waals surface area (Å²) in [5.41, 5.74) is 6.56. The van der Waals surface area contributed by atoms with Crippen molar-refractivity contribution in [3.63, 3.8) is 0 Å². The molecule has 0 atom stereocenters. The highest BCUT2D eigenvalue weighted by Gasteiger charge is 2.24. The van der Waals surface area contributed by atoms with Crippen LogP contribution in [0, 0.1) is 5.82 Å². The summed E-state index contributed by atoms with van der Waals surface area (Å²) in [5.74, 6) is -1.44. The topological polar surface area (TPSA) is 113 Å². The Hall–Kier alpha value is -2.78. The number of carbonyl (C=O) groups is 2. The average Bonchev–Trinajstić information content (AvgIpc) is 3.06. The molecular formula is C18H22FN5O3. The lowest BCUT2D eigenvalue weighted by molar-refractivity contribution is -0.117. The van der Waals surface area contributed by atoms with Crippen LogP contribution in [0.1, 0.15) is 22.6 Å². The first kappa shape index (κ1) is 19.0. The minimum absolute atomic E-state index is 0.0197. The number of nitrogens with one attached hydrogen (secondary N) is 2. The molecule has 0 spiro atoms. The van der Waals surface area contributed by atoms with Gasteiger partial charge in [-0.3, -0.25) is 19.6 Å². The number of amides is 2. The normalized spacial score (nSPS) is 14.9. The monoisotopic (exact) mass is 375 g/mol. The Labute approximate surface area is 155 Å². The van der Waals surface area contributed by atoms with Crippen molar-refractivity contribution in [2.24, 2.45) is 5.73 Å². The van der Waals surface area contributed by atoms with E-state index in [1.807, 2.05) is 0 Å². The number of aromatic nitrogens is 2. The standard InChI is InChI=1S/C18H22FN5O3/c19-13-4-2-1-3-12(13)16-14(11-24-7-9-27-10-8-24)22-23-17(16)18(26)21-6-5-15(20)25/h1-4H,5-11H2,(H2,20,25)(H,21,26)(H,22,23). The van der Waals surface area contributed by atoms with E-state index in [0.717, 1.165) is 13.1 Å². The number of halogens is 1. The fraction of sp³-hybridized carbons (Fsp3) is 0.389. The zero-order valence-corrected chi connectivity index (χ0v) is 14.8. The molecule has 4 N–H and O–H groups in total. The molecule has 3 rings (SSSR count). The smallest absolute Gasteiger partial charge is 0.272 e. The Morgan fingerprint density at radius 2 is 2.04 bits per heavy atom. The number of benzene rings is 1. The zero-order valence-electron chi connectivity index (χ0n) is 14.8. The van der Waals surface area contributed by atoms with E-state index in [1.54, 1.807) is 18.2 Å². The first-order valence-electron chi connectivity index (χ1n) is 8.75. The number of ether oxygens (including phenoxy) is 1. The van der Waals surface area contributed by atoms with Gasteiger partial charge in [0, 0.05) is 43.7 Å². The van der Waals surface area contributed by atoms with E-state index in [4.69, 9.17) is 10.5 Å². The van der Waals surface area contributed by atoms with Crippen molar-refractivity contribution in [3.8, 4) is 11.1 Å². The van der Waals surface area contributed by atoms with Crippen LogP contribution in [0.5, 0.6) is 0 Å². The predicted molar refractivity (Wildman–Crippen MR) is 96.2 cm³/mol. The predicted octanol–water partition coefficient (Wildman–Crippen LogP) is 0.653. The molecule has 2 amide bonds. The minimum atomic E-state index is -0.514. The molecule has 1 aliphatic heterocycles. The van der Waals surface area contributed by atoms with Crippen LogP contribution < -0.4 is 11.1 Å². The molecule has 0 bridgehead atoms. The van der Waals surface area contributed by atoms with Gasteiger partial charge in [0.1, 0.15) is 5.82 Å². The van der Waals surface area contributed by atoms with Gasteiger partial charge in [-0.25, -0.2) is 4.39 Å². The van der Waals surface area contributed by atoms with Crippen LogP contribution in [0.2, 0.25) is 0 Å².